The van der Waals surface area contributed by atoms with Gasteiger partial charge < -0.3 is 5.32 Å². The van der Waals surface area contributed by atoms with Crippen molar-refractivity contribution in [3.8, 4) is 0 Å². The monoisotopic (exact) mass is 343 g/mol. The molecule has 0 atom stereocenters. The zero-order valence-electron chi connectivity index (χ0n) is 12.8. The van der Waals surface area contributed by atoms with Crippen LogP contribution in [0.2, 0.25) is 0 Å². The maximum absolute atomic E-state index is 13.3. The molecule has 1 fully saturated rings. The van der Waals surface area contributed by atoms with Crippen LogP contribution in [0.25, 0.3) is 10.2 Å². The average molecular weight is 344 g/mol. The lowest BCUT2D eigenvalue weighted by Crippen LogP contribution is -2.43. The molecule has 2 aromatic rings. The molecule has 6 heteroatoms. The number of halogens is 2. The first kappa shape index (κ1) is 17.6. The predicted octanol–water partition coefficient (Wildman–Crippen LogP) is 3.82. The Labute approximate surface area is 141 Å². The first-order valence-electron chi connectivity index (χ1n) is 7.76. The van der Waals surface area contributed by atoms with Gasteiger partial charge in [0.05, 0.1) is 16.8 Å². The van der Waals surface area contributed by atoms with E-state index in [1.807, 2.05) is 0 Å². The largest absolute Gasteiger partial charge is 0.317 e. The van der Waals surface area contributed by atoms with Gasteiger partial charge in [-0.15, -0.1) is 23.7 Å². The number of rotatable bonds is 5. The van der Waals surface area contributed by atoms with Crippen molar-refractivity contribution >= 4 is 34.0 Å². The van der Waals surface area contributed by atoms with Crippen LogP contribution < -0.4 is 5.32 Å². The number of nitrogens with zero attached hydrogens (tertiary/aromatic N) is 2. The van der Waals surface area contributed by atoms with Gasteiger partial charge in [0.2, 0.25) is 0 Å². The molecule has 122 valence electrons. The molecule has 1 saturated heterocycles. The predicted molar refractivity (Wildman–Crippen MR) is 93.4 cm³/mol. The maximum Gasteiger partial charge on any atom is 0.124 e. The lowest BCUT2D eigenvalue weighted by molar-refractivity contribution is 0.154. The number of fused-ring (bicyclic) bond motifs is 1. The number of hydrogen-bond donors (Lipinski definition) is 1. The zero-order valence-corrected chi connectivity index (χ0v) is 14.5. The fourth-order valence-electron chi connectivity index (χ4n) is 3.04. The molecule has 0 amide bonds. The summed E-state index contributed by atoms with van der Waals surface area (Å²) in [4.78, 5) is 7.22. The van der Waals surface area contributed by atoms with Gasteiger partial charge >= 0.3 is 0 Å². The highest BCUT2D eigenvalue weighted by atomic mass is 35.5. The molecule has 1 aliphatic rings. The Hall–Kier alpha value is -0.750. The third kappa shape index (κ3) is 4.16. The normalized spacial score (nSPS) is 16.1. The number of nitrogens with one attached hydrogen (secondary N) is 1. The summed E-state index contributed by atoms with van der Waals surface area (Å²) in [6.07, 6.45) is 3.57. The van der Waals surface area contributed by atoms with E-state index in [1.165, 1.54) is 18.9 Å². The van der Waals surface area contributed by atoms with Crippen molar-refractivity contribution < 1.29 is 4.39 Å². The van der Waals surface area contributed by atoms with Crippen molar-refractivity contribution in [3.05, 3.63) is 29.0 Å². The second-order valence-corrected chi connectivity index (χ2v) is 6.79. The second-order valence-electron chi connectivity index (χ2n) is 5.67. The third-order valence-electron chi connectivity index (χ3n) is 4.07. The summed E-state index contributed by atoms with van der Waals surface area (Å²) in [6.45, 7) is 6.43. The van der Waals surface area contributed by atoms with E-state index in [2.05, 4.69) is 22.1 Å². The number of thiazole rings is 1. The zero-order chi connectivity index (χ0) is 14.7. The van der Waals surface area contributed by atoms with Crippen molar-refractivity contribution in [3.63, 3.8) is 0 Å². The van der Waals surface area contributed by atoms with Crippen molar-refractivity contribution in [2.45, 2.75) is 38.8 Å². The van der Waals surface area contributed by atoms with Crippen LogP contribution in [0.5, 0.6) is 0 Å². The van der Waals surface area contributed by atoms with Crippen LogP contribution in [0.15, 0.2) is 18.2 Å². The maximum atomic E-state index is 13.3. The average Bonchev–Trinajstić information content (AvgIpc) is 2.89. The Morgan fingerprint density at radius 2 is 2.14 bits per heavy atom. The molecule has 3 rings (SSSR count). The van der Waals surface area contributed by atoms with Crippen LogP contribution in [0.3, 0.4) is 0 Å². The summed E-state index contributed by atoms with van der Waals surface area (Å²) in [5, 5.41) is 4.52. The van der Waals surface area contributed by atoms with Gasteiger partial charge in [-0.2, -0.15) is 0 Å². The standard InChI is InChI=1S/C16H22FN3S.ClH/c1-2-9-20(13-5-7-18-8-6-13)11-16-19-14-4-3-12(17)10-15(14)21-16;/h3-4,10,13,18H,2,5-9,11H2,1H3;1H. The first-order chi connectivity index (χ1) is 10.3. The van der Waals surface area contributed by atoms with Gasteiger partial charge in [-0.1, -0.05) is 6.92 Å². The minimum atomic E-state index is -0.179. The Morgan fingerprint density at radius 1 is 1.36 bits per heavy atom. The fraction of sp³-hybridized carbons (Fsp3) is 0.562. The van der Waals surface area contributed by atoms with Gasteiger partial charge in [-0.05, 0) is 57.1 Å². The van der Waals surface area contributed by atoms with E-state index in [1.54, 1.807) is 23.5 Å². The Bertz CT molecular complexity index is 598. The molecule has 0 bridgehead atoms. The molecule has 0 spiro atoms. The van der Waals surface area contributed by atoms with E-state index in [9.17, 15) is 4.39 Å². The van der Waals surface area contributed by atoms with Crippen LogP contribution in [-0.4, -0.2) is 35.6 Å². The molecule has 0 aliphatic carbocycles. The molecule has 0 radical (unpaired) electrons. The molecular formula is C16H23ClFN3S. The van der Waals surface area contributed by atoms with Crippen LogP contribution in [0.4, 0.5) is 4.39 Å². The van der Waals surface area contributed by atoms with Gasteiger partial charge in [0.15, 0.2) is 0 Å². The SMILES string of the molecule is CCCN(Cc1nc2ccc(F)cc2s1)C1CCNCC1.Cl. The summed E-state index contributed by atoms with van der Waals surface area (Å²) in [5.74, 6) is -0.179. The molecule has 1 aromatic carbocycles. The summed E-state index contributed by atoms with van der Waals surface area (Å²) in [5.41, 5.74) is 0.915. The minimum Gasteiger partial charge on any atom is -0.317 e. The Morgan fingerprint density at radius 3 is 2.86 bits per heavy atom. The topological polar surface area (TPSA) is 28.2 Å². The number of aromatic nitrogens is 1. The van der Waals surface area contributed by atoms with E-state index in [0.717, 1.165) is 47.8 Å². The third-order valence-corrected chi connectivity index (χ3v) is 5.07. The first-order valence-corrected chi connectivity index (χ1v) is 8.57. The van der Waals surface area contributed by atoms with Crippen molar-refractivity contribution in [2.75, 3.05) is 19.6 Å². The Balaban J connectivity index is 0.00000176. The minimum absolute atomic E-state index is 0. The fourth-order valence-corrected chi connectivity index (χ4v) is 4.06. The molecule has 2 heterocycles. The number of piperidine rings is 1. The molecule has 22 heavy (non-hydrogen) atoms. The molecule has 1 aliphatic heterocycles. The highest BCUT2D eigenvalue weighted by Crippen LogP contribution is 2.25. The molecule has 3 nitrogen and oxygen atoms in total. The second kappa shape index (κ2) is 8.20. The van der Waals surface area contributed by atoms with Crippen molar-refractivity contribution in [2.24, 2.45) is 0 Å². The summed E-state index contributed by atoms with van der Waals surface area (Å²) < 4.78 is 14.2. The summed E-state index contributed by atoms with van der Waals surface area (Å²) in [7, 11) is 0. The van der Waals surface area contributed by atoms with E-state index in [0.29, 0.717) is 6.04 Å². The molecule has 1 aromatic heterocycles. The van der Waals surface area contributed by atoms with Crippen molar-refractivity contribution in [1.82, 2.24) is 15.2 Å². The summed E-state index contributed by atoms with van der Waals surface area (Å²) >= 11 is 1.62. The van der Waals surface area contributed by atoms with E-state index in [-0.39, 0.29) is 18.2 Å². The van der Waals surface area contributed by atoms with E-state index in [4.69, 9.17) is 0 Å². The molecular weight excluding hydrogens is 321 g/mol. The quantitative estimate of drug-likeness (QED) is 0.894. The molecule has 0 unspecified atom stereocenters. The van der Waals surface area contributed by atoms with Gasteiger partial charge in [-0.3, -0.25) is 4.90 Å². The van der Waals surface area contributed by atoms with Gasteiger partial charge in [0.25, 0.3) is 0 Å². The highest BCUT2D eigenvalue weighted by Gasteiger charge is 2.21. The highest BCUT2D eigenvalue weighted by molar-refractivity contribution is 7.18. The van der Waals surface area contributed by atoms with E-state index < -0.39 is 0 Å². The van der Waals surface area contributed by atoms with Gasteiger partial charge in [0.1, 0.15) is 10.8 Å². The smallest absolute Gasteiger partial charge is 0.124 e. The number of benzene rings is 1. The van der Waals surface area contributed by atoms with E-state index >= 15 is 0 Å². The van der Waals surface area contributed by atoms with Gasteiger partial charge in [-0.25, -0.2) is 9.37 Å². The van der Waals surface area contributed by atoms with Crippen molar-refractivity contribution in [1.29, 1.82) is 0 Å². The summed E-state index contributed by atoms with van der Waals surface area (Å²) in [6, 6.07) is 5.50. The molecule has 1 N–H and O–H groups in total. The molecule has 0 saturated carbocycles. The lowest BCUT2D eigenvalue weighted by atomic mass is 10.0. The Kier molecular flexibility index (Phi) is 6.56. The van der Waals surface area contributed by atoms with Crippen LogP contribution in [0.1, 0.15) is 31.2 Å². The number of hydrogen-bond acceptors (Lipinski definition) is 4. The van der Waals surface area contributed by atoms with Crippen LogP contribution in [-0.2, 0) is 6.54 Å². The van der Waals surface area contributed by atoms with Gasteiger partial charge in [0, 0.05) is 6.04 Å². The lowest BCUT2D eigenvalue weighted by Gasteiger charge is -2.33. The van der Waals surface area contributed by atoms with Crippen LogP contribution in [0, 0.1) is 5.82 Å². The van der Waals surface area contributed by atoms with Crippen LogP contribution >= 0.6 is 23.7 Å².